The van der Waals surface area contributed by atoms with Crippen molar-refractivity contribution in [3.8, 4) is 0 Å². The van der Waals surface area contributed by atoms with Gasteiger partial charge < -0.3 is 33.8 Å². The number of esters is 4. The number of ether oxygens (including phenoxy) is 4. The van der Waals surface area contributed by atoms with Crippen molar-refractivity contribution in [2.45, 2.75) is 387 Å². The highest BCUT2D eigenvalue weighted by atomic mass is 31.2. The molecule has 17 nitrogen and oxygen atoms in total. The van der Waals surface area contributed by atoms with Crippen molar-refractivity contribution in [1.29, 1.82) is 0 Å². The first kappa shape index (κ1) is 91.5. The van der Waals surface area contributed by atoms with Gasteiger partial charge in [0.15, 0.2) is 12.2 Å². The first-order chi connectivity index (χ1) is 45.5. The lowest BCUT2D eigenvalue weighted by Crippen LogP contribution is -2.30. The lowest BCUT2D eigenvalue weighted by molar-refractivity contribution is -0.161. The van der Waals surface area contributed by atoms with Crippen molar-refractivity contribution in [2.24, 2.45) is 5.92 Å². The summed E-state index contributed by atoms with van der Waals surface area (Å²) in [7, 11) is -9.92. The van der Waals surface area contributed by atoms with Crippen molar-refractivity contribution in [3.63, 3.8) is 0 Å². The third kappa shape index (κ3) is 68.1. The summed E-state index contributed by atoms with van der Waals surface area (Å²) in [6.45, 7) is 7.18. The minimum atomic E-state index is -4.96. The Hall–Kier alpha value is -2.46. The Labute approximate surface area is 573 Å². The summed E-state index contributed by atoms with van der Waals surface area (Å²) in [5, 5.41) is 10.6. The largest absolute Gasteiger partial charge is 0.472 e. The number of hydrogen-bond acceptors (Lipinski definition) is 15. The standard InChI is InChI=1S/C75H142O17P2/c1-6-9-12-15-18-21-23-25-27-28-29-31-33-35-40-45-50-55-60-74(79)92-71(65-86-73(78)59-54-49-44-39-34-32-30-26-24-22-19-16-13-10-7-2)67-90-94(83,84)88-63-69(76)62-87-93(81,82)89-66-70(64-85-72(77)58-53-48-43-20-17-14-11-8-3)91-75(80)61-56-51-46-41-37-36-38-42-47-52-57-68(4)5/h22,24,26,30,68-71,76H,6-21,23,25,27-29,31-67H2,1-5H3,(H,81,82)(H,83,84)/b24-22-,30-26-/t69-,70+,71+/m0/s1. The van der Waals surface area contributed by atoms with Crippen LogP contribution in [0.1, 0.15) is 369 Å². The van der Waals surface area contributed by atoms with Crippen molar-refractivity contribution in [1.82, 2.24) is 0 Å². The van der Waals surface area contributed by atoms with Gasteiger partial charge in [0.05, 0.1) is 26.4 Å². The second kappa shape index (κ2) is 67.7. The number of phosphoric acid groups is 2. The number of allylic oxidation sites excluding steroid dienone is 4. The van der Waals surface area contributed by atoms with E-state index < -0.39 is 97.5 Å². The zero-order chi connectivity index (χ0) is 69.1. The normalized spacial score (nSPS) is 14.1. The van der Waals surface area contributed by atoms with Gasteiger partial charge in [0.2, 0.25) is 0 Å². The SMILES string of the molecule is CCCCCC/C=C\C=C/CCCCCCCC(=O)OC[C@H](COP(=O)(O)OC[C@@H](O)COP(=O)(O)OC[C@@H](COC(=O)CCCCCCCCCC)OC(=O)CCCCCCCCCCCCC(C)C)OC(=O)CCCCCCCCCCCCCCCCCCCC. The molecule has 19 heteroatoms. The van der Waals surface area contributed by atoms with E-state index in [4.69, 9.17) is 37.0 Å². The summed E-state index contributed by atoms with van der Waals surface area (Å²) in [5.41, 5.74) is 0. The number of aliphatic hydroxyl groups excluding tert-OH is 1. The fourth-order valence-corrected chi connectivity index (χ4v) is 12.6. The Morgan fingerprint density at radius 1 is 0.330 bits per heavy atom. The summed E-state index contributed by atoms with van der Waals surface area (Å²) >= 11 is 0. The molecule has 2 unspecified atom stereocenters. The predicted molar refractivity (Wildman–Crippen MR) is 381 cm³/mol. The van der Waals surface area contributed by atoms with Crippen LogP contribution in [0.3, 0.4) is 0 Å². The number of unbranched alkanes of at least 4 members (excludes halogenated alkanes) is 42. The maximum absolute atomic E-state index is 13.1. The molecule has 0 aliphatic rings. The average Bonchev–Trinajstić information content (AvgIpc) is 1.51. The maximum atomic E-state index is 13.1. The van der Waals surface area contributed by atoms with Gasteiger partial charge in [-0.2, -0.15) is 0 Å². The fraction of sp³-hybridized carbons (Fsp3) is 0.893. The minimum Gasteiger partial charge on any atom is -0.462 e. The molecular formula is C75H142O17P2. The van der Waals surface area contributed by atoms with E-state index in [2.05, 4.69) is 58.9 Å². The Bertz CT molecular complexity index is 1900. The van der Waals surface area contributed by atoms with Crippen LogP contribution in [0.2, 0.25) is 0 Å². The van der Waals surface area contributed by atoms with Crippen LogP contribution in [0.4, 0.5) is 0 Å². The molecule has 0 aliphatic carbocycles. The number of carbonyl (C=O) groups is 4. The van der Waals surface area contributed by atoms with Gasteiger partial charge in [-0.3, -0.25) is 37.3 Å². The first-order valence-corrected chi connectivity index (χ1v) is 41.4. The Morgan fingerprint density at radius 3 is 0.872 bits per heavy atom. The van der Waals surface area contributed by atoms with E-state index >= 15 is 0 Å². The van der Waals surface area contributed by atoms with Gasteiger partial charge in [-0.15, -0.1) is 0 Å². The quantitative estimate of drug-likeness (QED) is 0.0169. The fourth-order valence-electron chi connectivity index (χ4n) is 11.0. The number of carbonyl (C=O) groups excluding carboxylic acids is 4. The van der Waals surface area contributed by atoms with Gasteiger partial charge in [0.1, 0.15) is 19.3 Å². The van der Waals surface area contributed by atoms with Gasteiger partial charge in [0, 0.05) is 25.7 Å². The maximum Gasteiger partial charge on any atom is 0.472 e. The van der Waals surface area contributed by atoms with Crippen LogP contribution in [0.5, 0.6) is 0 Å². The molecule has 0 aromatic rings. The summed E-state index contributed by atoms with van der Waals surface area (Å²) in [6.07, 6.45) is 59.1. The molecule has 0 aliphatic heterocycles. The highest BCUT2D eigenvalue weighted by Gasteiger charge is 2.30. The smallest absolute Gasteiger partial charge is 0.462 e. The monoisotopic (exact) mass is 1380 g/mol. The third-order valence-corrected chi connectivity index (χ3v) is 18.8. The number of phosphoric ester groups is 2. The highest BCUT2D eigenvalue weighted by molar-refractivity contribution is 7.47. The molecule has 0 radical (unpaired) electrons. The molecule has 0 aromatic heterocycles. The molecule has 3 N–H and O–H groups in total. The molecule has 0 bridgehead atoms. The van der Waals surface area contributed by atoms with E-state index in [1.807, 2.05) is 0 Å². The Balaban J connectivity index is 5.25. The van der Waals surface area contributed by atoms with Crippen molar-refractivity contribution in [2.75, 3.05) is 39.6 Å². The second-order valence-electron chi connectivity index (χ2n) is 26.8. The molecular weight excluding hydrogens is 1230 g/mol. The molecule has 0 amide bonds. The van der Waals surface area contributed by atoms with Gasteiger partial charge >= 0.3 is 39.5 Å². The van der Waals surface area contributed by atoms with Gasteiger partial charge in [-0.1, -0.05) is 316 Å². The predicted octanol–water partition coefficient (Wildman–Crippen LogP) is 21.6. The summed E-state index contributed by atoms with van der Waals surface area (Å²) in [5.74, 6) is -1.40. The molecule has 554 valence electrons. The summed E-state index contributed by atoms with van der Waals surface area (Å²) in [6, 6.07) is 0. The molecule has 0 fully saturated rings. The van der Waals surface area contributed by atoms with Crippen molar-refractivity contribution < 1.29 is 80.2 Å². The topological polar surface area (TPSA) is 237 Å². The van der Waals surface area contributed by atoms with Crippen LogP contribution in [-0.4, -0.2) is 96.7 Å². The van der Waals surface area contributed by atoms with E-state index in [1.165, 1.54) is 167 Å². The Morgan fingerprint density at radius 2 is 0.574 bits per heavy atom. The Kier molecular flexibility index (Phi) is 65.9. The lowest BCUT2D eigenvalue weighted by atomic mass is 10.0. The van der Waals surface area contributed by atoms with E-state index in [0.717, 1.165) is 121 Å². The molecule has 0 heterocycles. The first-order valence-electron chi connectivity index (χ1n) is 38.5. The number of rotatable bonds is 73. The van der Waals surface area contributed by atoms with E-state index in [0.29, 0.717) is 25.7 Å². The van der Waals surface area contributed by atoms with Crippen LogP contribution in [0.15, 0.2) is 24.3 Å². The number of hydrogen-bond donors (Lipinski definition) is 3. The van der Waals surface area contributed by atoms with E-state index in [-0.39, 0.29) is 25.7 Å². The van der Waals surface area contributed by atoms with E-state index in [1.54, 1.807) is 0 Å². The second-order valence-corrected chi connectivity index (χ2v) is 29.7. The zero-order valence-electron chi connectivity index (χ0n) is 60.6. The molecule has 0 saturated heterocycles. The van der Waals surface area contributed by atoms with Gasteiger partial charge in [-0.05, 0) is 57.3 Å². The van der Waals surface area contributed by atoms with Gasteiger partial charge in [-0.25, -0.2) is 9.13 Å². The van der Waals surface area contributed by atoms with Crippen LogP contribution < -0.4 is 0 Å². The number of aliphatic hydroxyl groups is 1. The van der Waals surface area contributed by atoms with Crippen molar-refractivity contribution >= 4 is 39.5 Å². The van der Waals surface area contributed by atoms with Crippen LogP contribution in [0.25, 0.3) is 0 Å². The van der Waals surface area contributed by atoms with Crippen LogP contribution >= 0.6 is 15.6 Å². The summed E-state index contributed by atoms with van der Waals surface area (Å²) in [4.78, 5) is 72.7. The van der Waals surface area contributed by atoms with Crippen molar-refractivity contribution in [3.05, 3.63) is 24.3 Å². The zero-order valence-corrected chi connectivity index (χ0v) is 62.4. The van der Waals surface area contributed by atoms with Crippen LogP contribution in [0, 0.1) is 5.92 Å². The average molecular weight is 1380 g/mol. The summed E-state index contributed by atoms with van der Waals surface area (Å²) < 4.78 is 68.4. The van der Waals surface area contributed by atoms with Crippen LogP contribution in [-0.2, 0) is 65.4 Å². The molecule has 94 heavy (non-hydrogen) atoms. The molecule has 0 rings (SSSR count). The van der Waals surface area contributed by atoms with E-state index in [9.17, 15) is 43.2 Å². The molecule has 0 spiro atoms. The molecule has 0 aromatic carbocycles. The highest BCUT2D eigenvalue weighted by Crippen LogP contribution is 2.45. The third-order valence-electron chi connectivity index (χ3n) is 16.9. The van der Waals surface area contributed by atoms with Gasteiger partial charge in [0.25, 0.3) is 0 Å². The molecule has 0 saturated carbocycles. The molecule has 5 atom stereocenters. The minimum absolute atomic E-state index is 0.102. The lowest BCUT2D eigenvalue weighted by Gasteiger charge is -2.21.